The van der Waals surface area contributed by atoms with Gasteiger partial charge in [0.2, 0.25) is 11.2 Å². The molecule has 0 radical (unpaired) electrons. The van der Waals surface area contributed by atoms with Gasteiger partial charge in [0, 0.05) is 4.47 Å². The van der Waals surface area contributed by atoms with Gasteiger partial charge in [-0.1, -0.05) is 27.5 Å². The number of halogens is 3. The first-order valence-electron chi connectivity index (χ1n) is 4.68. The van der Waals surface area contributed by atoms with Gasteiger partial charge in [-0.05, 0) is 42.3 Å². The number of hydrogen-bond donors (Lipinski definition) is 0. The zero-order chi connectivity index (χ0) is 12.4. The monoisotopic (exact) mass is 332 g/mol. The fourth-order valence-electron chi connectivity index (χ4n) is 1.20. The molecule has 3 nitrogen and oxygen atoms in total. The third-order valence-corrected chi connectivity index (χ3v) is 3.36. The molecule has 0 unspecified atom stereocenters. The molecular weight excluding hydrogens is 327 g/mol. The van der Waals surface area contributed by atoms with Crippen LogP contribution >= 0.6 is 39.1 Å². The van der Waals surface area contributed by atoms with Crippen molar-refractivity contribution in [1.29, 1.82) is 0 Å². The van der Waals surface area contributed by atoms with Crippen molar-refractivity contribution in [2.45, 2.75) is 6.92 Å². The van der Waals surface area contributed by atoms with Crippen molar-refractivity contribution >= 4 is 39.1 Å². The molecular formula is C11H7BrCl2N2O. The maximum atomic E-state index is 5.90. The Morgan fingerprint density at radius 3 is 2.76 bits per heavy atom. The Hall–Kier alpha value is -0.840. The summed E-state index contributed by atoms with van der Waals surface area (Å²) in [5, 5.41) is 0.410. The Morgan fingerprint density at radius 2 is 2.06 bits per heavy atom. The summed E-state index contributed by atoms with van der Waals surface area (Å²) in [4.78, 5) is 7.66. The molecule has 0 aliphatic heterocycles. The molecule has 88 valence electrons. The first-order chi connectivity index (χ1) is 8.06. The van der Waals surface area contributed by atoms with Crippen molar-refractivity contribution in [3.8, 4) is 11.6 Å². The predicted molar refractivity (Wildman–Crippen MR) is 71.0 cm³/mol. The van der Waals surface area contributed by atoms with E-state index in [1.165, 1.54) is 6.20 Å². The fraction of sp³-hybridized carbons (Fsp3) is 0.0909. The van der Waals surface area contributed by atoms with Gasteiger partial charge in [-0.3, -0.25) is 0 Å². The summed E-state index contributed by atoms with van der Waals surface area (Å²) in [7, 11) is 0. The second kappa shape index (κ2) is 5.21. The van der Waals surface area contributed by atoms with Crippen molar-refractivity contribution in [3.63, 3.8) is 0 Å². The SMILES string of the molecule is Cc1cc(Oc2nc(Cl)ncc2Cl)ccc1Br. The van der Waals surface area contributed by atoms with Crippen molar-refractivity contribution in [2.75, 3.05) is 0 Å². The van der Waals surface area contributed by atoms with Crippen LogP contribution in [0.4, 0.5) is 0 Å². The average molecular weight is 334 g/mol. The van der Waals surface area contributed by atoms with Crippen LogP contribution in [0.2, 0.25) is 10.3 Å². The van der Waals surface area contributed by atoms with E-state index in [1.807, 2.05) is 25.1 Å². The second-order valence-electron chi connectivity index (χ2n) is 3.31. The van der Waals surface area contributed by atoms with Gasteiger partial charge in [0.05, 0.1) is 6.20 Å². The number of aryl methyl sites for hydroxylation is 1. The van der Waals surface area contributed by atoms with E-state index in [0.717, 1.165) is 10.0 Å². The Bertz CT molecular complexity index is 563. The molecule has 0 fully saturated rings. The van der Waals surface area contributed by atoms with Crippen LogP contribution in [-0.4, -0.2) is 9.97 Å². The van der Waals surface area contributed by atoms with Gasteiger partial charge in [-0.2, -0.15) is 4.98 Å². The minimum Gasteiger partial charge on any atom is -0.437 e. The van der Waals surface area contributed by atoms with Gasteiger partial charge in [0.25, 0.3) is 0 Å². The standard InChI is InChI=1S/C11H7BrCl2N2O/c1-6-4-7(2-3-8(6)12)17-10-9(13)5-15-11(14)16-10/h2-5H,1H3. The van der Waals surface area contributed by atoms with Gasteiger partial charge < -0.3 is 4.74 Å². The molecule has 0 N–H and O–H groups in total. The van der Waals surface area contributed by atoms with Crippen LogP contribution < -0.4 is 4.74 Å². The lowest BCUT2D eigenvalue weighted by molar-refractivity contribution is 0.461. The van der Waals surface area contributed by atoms with Crippen molar-refractivity contribution < 1.29 is 4.74 Å². The number of hydrogen-bond acceptors (Lipinski definition) is 3. The Kier molecular flexibility index (Phi) is 3.86. The highest BCUT2D eigenvalue weighted by molar-refractivity contribution is 9.10. The number of benzene rings is 1. The van der Waals surface area contributed by atoms with Crippen molar-refractivity contribution in [2.24, 2.45) is 0 Å². The molecule has 2 aromatic rings. The van der Waals surface area contributed by atoms with Gasteiger partial charge in [0.15, 0.2) is 0 Å². The summed E-state index contributed by atoms with van der Waals surface area (Å²) in [6, 6.07) is 5.57. The number of ether oxygens (including phenoxy) is 1. The third-order valence-electron chi connectivity index (χ3n) is 2.03. The summed E-state index contributed by atoms with van der Waals surface area (Å²) < 4.78 is 6.55. The Balaban J connectivity index is 2.31. The summed E-state index contributed by atoms with van der Waals surface area (Å²) in [6.45, 7) is 1.96. The van der Waals surface area contributed by atoms with Crippen LogP contribution in [0, 0.1) is 6.92 Å². The molecule has 0 spiro atoms. The first kappa shape index (κ1) is 12.6. The fourth-order valence-corrected chi connectivity index (χ4v) is 1.70. The van der Waals surface area contributed by atoms with E-state index in [-0.39, 0.29) is 11.2 Å². The maximum Gasteiger partial charge on any atom is 0.242 e. The maximum absolute atomic E-state index is 5.90. The molecule has 0 saturated carbocycles. The molecule has 0 atom stereocenters. The van der Waals surface area contributed by atoms with Crippen LogP contribution in [0.1, 0.15) is 5.56 Å². The minimum absolute atomic E-state index is 0.0956. The van der Waals surface area contributed by atoms with E-state index < -0.39 is 0 Å². The van der Waals surface area contributed by atoms with Crippen LogP contribution in [0.15, 0.2) is 28.9 Å². The summed E-state index contributed by atoms with van der Waals surface area (Å²) >= 11 is 15.0. The van der Waals surface area contributed by atoms with E-state index in [9.17, 15) is 0 Å². The van der Waals surface area contributed by atoms with E-state index >= 15 is 0 Å². The van der Waals surface area contributed by atoms with E-state index in [2.05, 4.69) is 25.9 Å². The van der Waals surface area contributed by atoms with Crippen molar-refractivity contribution in [3.05, 3.63) is 44.7 Å². The molecule has 6 heteroatoms. The largest absolute Gasteiger partial charge is 0.437 e. The van der Waals surface area contributed by atoms with Gasteiger partial charge in [-0.15, -0.1) is 0 Å². The van der Waals surface area contributed by atoms with E-state index in [1.54, 1.807) is 0 Å². The lowest BCUT2D eigenvalue weighted by Gasteiger charge is -2.07. The summed E-state index contributed by atoms with van der Waals surface area (Å²) in [5.41, 5.74) is 1.05. The van der Waals surface area contributed by atoms with E-state index in [4.69, 9.17) is 27.9 Å². The molecule has 1 aromatic carbocycles. The number of aromatic nitrogens is 2. The Morgan fingerprint density at radius 1 is 1.29 bits per heavy atom. The molecule has 2 rings (SSSR count). The van der Waals surface area contributed by atoms with Crippen LogP contribution in [-0.2, 0) is 0 Å². The molecule has 0 bridgehead atoms. The lowest BCUT2D eigenvalue weighted by Crippen LogP contribution is -1.92. The number of rotatable bonds is 2. The molecule has 1 heterocycles. The zero-order valence-corrected chi connectivity index (χ0v) is 11.8. The number of nitrogens with zero attached hydrogens (tertiary/aromatic N) is 2. The Labute approximate surface area is 117 Å². The minimum atomic E-state index is 0.0956. The molecule has 1 aromatic heterocycles. The zero-order valence-electron chi connectivity index (χ0n) is 8.75. The summed E-state index contributed by atoms with van der Waals surface area (Å²) in [5.74, 6) is 0.885. The lowest BCUT2D eigenvalue weighted by atomic mass is 10.2. The third kappa shape index (κ3) is 3.09. The molecule has 0 aliphatic carbocycles. The molecule has 0 amide bonds. The van der Waals surface area contributed by atoms with Crippen LogP contribution in [0.5, 0.6) is 11.6 Å². The van der Waals surface area contributed by atoms with Gasteiger partial charge in [-0.25, -0.2) is 4.98 Å². The van der Waals surface area contributed by atoms with Gasteiger partial charge in [0.1, 0.15) is 10.8 Å². The van der Waals surface area contributed by atoms with Gasteiger partial charge >= 0.3 is 0 Å². The smallest absolute Gasteiger partial charge is 0.242 e. The van der Waals surface area contributed by atoms with Crippen molar-refractivity contribution in [1.82, 2.24) is 9.97 Å². The second-order valence-corrected chi connectivity index (χ2v) is 4.90. The quantitative estimate of drug-likeness (QED) is 0.750. The summed E-state index contributed by atoms with van der Waals surface area (Å²) in [6.07, 6.45) is 1.40. The molecule has 17 heavy (non-hydrogen) atoms. The molecule has 0 aliphatic rings. The van der Waals surface area contributed by atoms with Crippen LogP contribution in [0.3, 0.4) is 0 Å². The van der Waals surface area contributed by atoms with Crippen LogP contribution in [0.25, 0.3) is 0 Å². The first-order valence-corrected chi connectivity index (χ1v) is 6.23. The topological polar surface area (TPSA) is 35.0 Å². The molecule has 0 saturated heterocycles. The highest BCUT2D eigenvalue weighted by atomic mass is 79.9. The predicted octanol–water partition coefficient (Wildman–Crippen LogP) is 4.65. The highest BCUT2D eigenvalue weighted by Gasteiger charge is 2.07. The normalized spacial score (nSPS) is 10.4. The highest BCUT2D eigenvalue weighted by Crippen LogP contribution is 2.29. The average Bonchev–Trinajstić information content (AvgIpc) is 2.29. The van der Waals surface area contributed by atoms with E-state index in [0.29, 0.717) is 10.8 Å².